The second-order valence-corrected chi connectivity index (χ2v) is 24.9. The summed E-state index contributed by atoms with van der Waals surface area (Å²) >= 11 is 0. The fraction of sp³-hybridized carbons (Fsp3) is 0.689. The number of unbranched alkanes of at least 4 members (excludes halogenated alkanes) is 30. The van der Waals surface area contributed by atoms with E-state index in [-0.39, 0.29) is 9.79 Å². The number of hydrogen-bond acceptors (Lipinski definition) is 6. The zero-order valence-electron chi connectivity index (χ0n) is 45.6. The molecule has 4 rings (SSSR count). The second kappa shape index (κ2) is 31.6. The molecule has 0 unspecified atom stereocenters. The lowest BCUT2D eigenvalue weighted by atomic mass is 9.81. The number of hydrogen-bond donors (Lipinski definition) is 1. The van der Waals surface area contributed by atoms with Crippen LogP contribution in [0.5, 0.6) is 0 Å². The minimum absolute atomic E-state index is 0.0901. The second-order valence-electron chi connectivity index (χ2n) is 22.1. The Balaban J connectivity index is 1.36. The SMILES string of the molecule is CCCCCCCCCCCCCCCCCCN1\C(=C/C=C/C=C/C2=[N+](CCCCCCCCCCCCCCCCCC)c3ccc(S(=O)(=O)[O-])cc3C2(C)C)C(C)(C)c2cc(S(=O)(=O)O)ccc21. The topological polar surface area (TPSA) is 118 Å². The highest BCUT2D eigenvalue weighted by molar-refractivity contribution is 7.86. The average Bonchev–Trinajstić information content (AvgIpc) is 3.67. The lowest BCUT2D eigenvalue weighted by Gasteiger charge is -2.27. The van der Waals surface area contributed by atoms with Crippen LogP contribution in [0.1, 0.15) is 258 Å². The molecule has 0 amide bonds. The molecule has 71 heavy (non-hydrogen) atoms. The van der Waals surface area contributed by atoms with Crippen molar-refractivity contribution < 1.29 is 30.5 Å². The molecule has 0 aliphatic carbocycles. The Morgan fingerprint density at radius 2 is 0.944 bits per heavy atom. The molecule has 10 heteroatoms. The highest BCUT2D eigenvalue weighted by Crippen LogP contribution is 2.49. The molecule has 0 aromatic heterocycles. The predicted octanol–water partition coefficient (Wildman–Crippen LogP) is 17.5. The summed E-state index contributed by atoms with van der Waals surface area (Å²) in [4.78, 5) is 2.04. The Labute approximate surface area is 434 Å². The molecule has 2 heterocycles. The standard InChI is InChI=1S/C61H98N2O6S2/c1-7-9-11-13-15-17-19-21-23-25-27-29-31-33-35-40-48-62-56-46-44-52(70(64,65)66)50-54(56)60(3,4)58(62)42-38-37-39-43-59-61(5,6)55-51-53(71(67,68)69)45-47-57(55)63(59)49-41-36-34-32-30-28-26-24-22-20-18-16-14-12-10-8-2/h37-39,42-47,50-51H,7-36,40-41,48-49H2,1-6H3,(H-,64,65,66,67,68,69). The summed E-state index contributed by atoms with van der Waals surface area (Å²) in [5, 5.41) is 0. The van der Waals surface area contributed by atoms with Gasteiger partial charge in [-0.05, 0) is 68.7 Å². The highest BCUT2D eigenvalue weighted by atomic mass is 32.2. The van der Waals surface area contributed by atoms with Crippen molar-refractivity contribution >= 4 is 37.3 Å². The van der Waals surface area contributed by atoms with Gasteiger partial charge in [-0.25, -0.2) is 8.42 Å². The highest BCUT2D eigenvalue weighted by Gasteiger charge is 2.44. The molecule has 0 fully saturated rings. The van der Waals surface area contributed by atoms with Gasteiger partial charge in [-0.15, -0.1) is 0 Å². The smallest absolute Gasteiger partial charge is 0.294 e. The largest absolute Gasteiger partial charge is 0.744 e. The van der Waals surface area contributed by atoms with E-state index in [1.54, 1.807) is 18.2 Å². The van der Waals surface area contributed by atoms with Crippen LogP contribution in [0.25, 0.3) is 0 Å². The number of anilines is 1. The Morgan fingerprint density at radius 1 is 0.521 bits per heavy atom. The Kier molecular flexibility index (Phi) is 27.0. The molecule has 0 bridgehead atoms. The zero-order valence-corrected chi connectivity index (χ0v) is 47.2. The number of benzene rings is 2. The summed E-state index contributed by atoms with van der Waals surface area (Å²) < 4.78 is 73.2. The van der Waals surface area contributed by atoms with E-state index in [2.05, 4.69) is 63.2 Å². The zero-order chi connectivity index (χ0) is 51.6. The molecule has 2 aliphatic rings. The van der Waals surface area contributed by atoms with Gasteiger partial charge < -0.3 is 9.45 Å². The van der Waals surface area contributed by atoms with E-state index in [0.29, 0.717) is 0 Å². The van der Waals surface area contributed by atoms with Crippen LogP contribution in [-0.4, -0.2) is 49.3 Å². The van der Waals surface area contributed by atoms with Crippen molar-refractivity contribution in [1.82, 2.24) is 0 Å². The fourth-order valence-corrected chi connectivity index (χ4v) is 12.1. The van der Waals surface area contributed by atoms with Gasteiger partial charge >= 0.3 is 0 Å². The third kappa shape index (κ3) is 20.0. The summed E-state index contributed by atoms with van der Waals surface area (Å²) in [5.41, 5.74) is 4.74. The molecule has 8 nitrogen and oxygen atoms in total. The van der Waals surface area contributed by atoms with Crippen LogP contribution >= 0.6 is 0 Å². The summed E-state index contributed by atoms with van der Waals surface area (Å²) in [7, 11) is -8.97. The van der Waals surface area contributed by atoms with E-state index < -0.39 is 31.1 Å². The van der Waals surface area contributed by atoms with Crippen molar-refractivity contribution in [1.29, 1.82) is 0 Å². The van der Waals surface area contributed by atoms with Crippen LogP contribution in [0.3, 0.4) is 0 Å². The van der Waals surface area contributed by atoms with Crippen molar-refractivity contribution in [2.75, 3.05) is 18.0 Å². The van der Waals surface area contributed by atoms with Gasteiger partial charge in [0.25, 0.3) is 10.1 Å². The van der Waals surface area contributed by atoms with E-state index in [1.165, 1.54) is 192 Å². The minimum Gasteiger partial charge on any atom is -0.744 e. The molecular weight excluding hydrogens is 921 g/mol. The van der Waals surface area contributed by atoms with E-state index in [9.17, 15) is 25.9 Å². The van der Waals surface area contributed by atoms with Crippen LogP contribution < -0.4 is 4.90 Å². The lowest BCUT2D eigenvalue weighted by Crippen LogP contribution is -2.28. The van der Waals surface area contributed by atoms with Gasteiger partial charge in [0, 0.05) is 47.5 Å². The van der Waals surface area contributed by atoms with Crippen LogP contribution in [0.2, 0.25) is 0 Å². The van der Waals surface area contributed by atoms with Gasteiger partial charge in [-0.3, -0.25) is 4.55 Å². The first-order valence-corrected chi connectivity index (χ1v) is 31.6. The van der Waals surface area contributed by atoms with Crippen LogP contribution in [-0.2, 0) is 31.1 Å². The van der Waals surface area contributed by atoms with E-state index >= 15 is 0 Å². The Hall–Kier alpha value is -3.05. The van der Waals surface area contributed by atoms with Gasteiger partial charge in [0.2, 0.25) is 5.69 Å². The van der Waals surface area contributed by atoms with Crippen molar-refractivity contribution in [3.63, 3.8) is 0 Å². The van der Waals surface area contributed by atoms with E-state index in [0.717, 1.165) is 72.7 Å². The summed E-state index contributed by atoms with van der Waals surface area (Å²) in [6.45, 7) is 14.6. The molecule has 0 radical (unpaired) electrons. The monoisotopic (exact) mass is 1020 g/mol. The van der Waals surface area contributed by atoms with Crippen molar-refractivity contribution in [2.24, 2.45) is 0 Å². The maximum Gasteiger partial charge on any atom is 0.294 e. The maximum atomic E-state index is 12.2. The Bertz CT molecular complexity index is 2240. The molecule has 0 atom stereocenters. The first-order valence-electron chi connectivity index (χ1n) is 28.8. The van der Waals surface area contributed by atoms with Gasteiger partial charge in [0.15, 0.2) is 5.71 Å². The maximum absolute atomic E-state index is 12.2. The molecule has 0 spiro atoms. The van der Waals surface area contributed by atoms with E-state index in [1.807, 2.05) is 24.3 Å². The minimum atomic E-state index is -4.61. The Morgan fingerprint density at radius 3 is 1.39 bits per heavy atom. The lowest BCUT2D eigenvalue weighted by molar-refractivity contribution is -0.438. The summed E-state index contributed by atoms with van der Waals surface area (Å²) in [5.74, 6) is 0. The summed E-state index contributed by atoms with van der Waals surface area (Å²) in [6.07, 6.45) is 52.3. The van der Waals surface area contributed by atoms with Crippen molar-refractivity contribution in [2.45, 2.75) is 268 Å². The normalized spacial score (nSPS) is 16.1. The average molecular weight is 1020 g/mol. The summed E-state index contributed by atoms with van der Waals surface area (Å²) in [6, 6.07) is 9.79. The predicted molar refractivity (Wildman–Crippen MR) is 299 cm³/mol. The van der Waals surface area contributed by atoms with E-state index in [4.69, 9.17) is 0 Å². The van der Waals surface area contributed by atoms with Gasteiger partial charge in [0.05, 0.1) is 15.2 Å². The number of nitrogens with zero attached hydrogens (tertiary/aromatic N) is 2. The van der Waals surface area contributed by atoms with Crippen LogP contribution in [0.15, 0.2) is 82.3 Å². The van der Waals surface area contributed by atoms with Gasteiger partial charge in [-0.2, -0.15) is 13.0 Å². The number of fused-ring (bicyclic) bond motifs is 2. The first kappa shape index (κ1) is 60.5. The molecule has 2 aromatic carbocycles. The number of allylic oxidation sites excluding steroid dienone is 6. The van der Waals surface area contributed by atoms with Crippen LogP contribution in [0.4, 0.5) is 11.4 Å². The van der Waals surface area contributed by atoms with Crippen molar-refractivity contribution in [3.8, 4) is 0 Å². The number of rotatable bonds is 39. The third-order valence-corrected chi connectivity index (χ3v) is 17.2. The molecule has 1 N–H and O–H groups in total. The quantitative estimate of drug-likeness (QED) is 0.0307. The fourth-order valence-electron chi connectivity index (χ4n) is 11.1. The molecule has 2 aromatic rings. The van der Waals surface area contributed by atoms with Crippen LogP contribution in [0, 0.1) is 0 Å². The van der Waals surface area contributed by atoms with Gasteiger partial charge in [0.1, 0.15) is 16.7 Å². The third-order valence-electron chi connectivity index (χ3n) is 15.5. The molecule has 0 saturated carbocycles. The molecule has 0 saturated heterocycles. The van der Waals surface area contributed by atoms with Gasteiger partial charge in [-0.1, -0.05) is 232 Å². The van der Waals surface area contributed by atoms with Crippen molar-refractivity contribution in [3.05, 3.63) is 83.6 Å². The molecule has 400 valence electrons. The molecular formula is C61H98N2O6S2. The molecule has 2 aliphatic heterocycles. The first-order chi connectivity index (χ1) is 34.0.